The molecule has 0 aliphatic carbocycles. The van der Waals surface area contributed by atoms with Gasteiger partial charge in [0.25, 0.3) is 0 Å². The molecule has 0 atom stereocenters. The summed E-state index contributed by atoms with van der Waals surface area (Å²) in [7, 11) is 1.62. The number of hydrogen-bond acceptors (Lipinski definition) is 2. The Morgan fingerprint density at radius 2 is 1.77 bits per heavy atom. The highest BCUT2D eigenvalue weighted by Crippen LogP contribution is 2.25. The van der Waals surface area contributed by atoms with Crippen LogP contribution in [0.3, 0.4) is 0 Å². The first kappa shape index (κ1) is 16.4. The summed E-state index contributed by atoms with van der Waals surface area (Å²) in [5, 5.41) is 3.64. The van der Waals surface area contributed by atoms with Crippen LogP contribution in [0.4, 0.5) is 0 Å². The van der Waals surface area contributed by atoms with Crippen LogP contribution >= 0.6 is 11.6 Å². The van der Waals surface area contributed by atoms with Crippen molar-refractivity contribution in [2.24, 2.45) is 0 Å². The number of hydrogen-bond donors (Lipinski definition) is 1. The van der Waals surface area contributed by atoms with Gasteiger partial charge in [-0.3, -0.25) is 4.79 Å². The van der Waals surface area contributed by atoms with Crippen LogP contribution in [0, 0.1) is 0 Å². The van der Waals surface area contributed by atoms with Gasteiger partial charge in [0.15, 0.2) is 0 Å². The Balaban J connectivity index is 2.09. The van der Waals surface area contributed by atoms with Gasteiger partial charge in [-0.2, -0.15) is 0 Å². The Labute approximate surface area is 136 Å². The predicted molar refractivity (Wildman–Crippen MR) is 89.3 cm³/mol. The summed E-state index contributed by atoms with van der Waals surface area (Å²) in [5.74, 6) is 0.729. The minimum absolute atomic E-state index is 0.0410. The van der Waals surface area contributed by atoms with E-state index in [0.717, 1.165) is 16.9 Å². The van der Waals surface area contributed by atoms with E-state index in [0.29, 0.717) is 11.6 Å². The van der Waals surface area contributed by atoms with E-state index >= 15 is 0 Å². The van der Waals surface area contributed by atoms with Gasteiger partial charge in [-0.1, -0.05) is 41.9 Å². The van der Waals surface area contributed by atoms with Gasteiger partial charge in [-0.05, 0) is 37.6 Å². The molecule has 116 valence electrons. The molecule has 22 heavy (non-hydrogen) atoms. The molecule has 0 aliphatic heterocycles. The number of methoxy groups -OCH3 is 1. The SMILES string of the molecule is COc1ccccc1CNC(=O)C(C)(C)c1ccc(Cl)cc1. The van der Waals surface area contributed by atoms with Gasteiger partial charge in [0.05, 0.1) is 12.5 Å². The summed E-state index contributed by atoms with van der Waals surface area (Å²) in [4.78, 5) is 12.5. The molecule has 2 rings (SSSR count). The Morgan fingerprint density at radius 1 is 1.14 bits per heavy atom. The fourth-order valence-electron chi connectivity index (χ4n) is 2.24. The summed E-state index contributed by atoms with van der Waals surface area (Å²) in [6.07, 6.45) is 0. The molecule has 1 N–H and O–H groups in total. The monoisotopic (exact) mass is 317 g/mol. The second kappa shape index (κ2) is 6.84. The second-order valence-corrected chi connectivity index (χ2v) is 6.06. The lowest BCUT2D eigenvalue weighted by Gasteiger charge is -2.24. The molecule has 0 saturated carbocycles. The molecule has 0 heterocycles. The maximum atomic E-state index is 12.5. The fourth-order valence-corrected chi connectivity index (χ4v) is 2.37. The number of rotatable bonds is 5. The van der Waals surface area contributed by atoms with Crippen LogP contribution in [-0.4, -0.2) is 13.0 Å². The van der Waals surface area contributed by atoms with Crippen LogP contribution in [0.5, 0.6) is 5.75 Å². The number of benzene rings is 2. The van der Waals surface area contributed by atoms with Crippen molar-refractivity contribution in [1.82, 2.24) is 5.32 Å². The zero-order valence-electron chi connectivity index (χ0n) is 13.0. The Bertz CT molecular complexity index is 650. The second-order valence-electron chi connectivity index (χ2n) is 5.63. The number of carbonyl (C=O) groups is 1. The zero-order chi connectivity index (χ0) is 16.2. The van der Waals surface area contributed by atoms with Gasteiger partial charge >= 0.3 is 0 Å². The van der Waals surface area contributed by atoms with E-state index in [-0.39, 0.29) is 5.91 Å². The van der Waals surface area contributed by atoms with Gasteiger partial charge in [0.1, 0.15) is 5.75 Å². The molecular formula is C18H20ClNO2. The fraction of sp³-hybridized carbons (Fsp3) is 0.278. The Hall–Kier alpha value is -2.00. The first-order valence-electron chi connectivity index (χ1n) is 7.11. The van der Waals surface area contributed by atoms with Crippen LogP contribution < -0.4 is 10.1 Å². The van der Waals surface area contributed by atoms with Crippen molar-refractivity contribution < 1.29 is 9.53 Å². The maximum absolute atomic E-state index is 12.5. The van der Waals surface area contributed by atoms with E-state index in [1.165, 1.54) is 0 Å². The zero-order valence-corrected chi connectivity index (χ0v) is 13.8. The first-order valence-corrected chi connectivity index (χ1v) is 7.49. The lowest BCUT2D eigenvalue weighted by Crippen LogP contribution is -2.39. The molecule has 1 amide bonds. The van der Waals surface area contributed by atoms with Crippen LogP contribution in [0.1, 0.15) is 25.0 Å². The molecule has 3 nitrogen and oxygen atoms in total. The average molecular weight is 318 g/mol. The van der Waals surface area contributed by atoms with E-state index in [9.17, 15) is 4.79 Å². The minimum Gasteiger partial charge on any atom is -0.496 e. The number of ether oxygens (including phenoxy) is 1. The number of nitrogens with one attached hydrogen (secondary N) is 1. The number of amides is 1. The molecule has 0 saturated heterocycles. The van der Waals surface area contributed by atoms with Crippen molar-refractivity contribution in [3.05, 3.63) is 64.7 Å². The van der Waals surface area contributed by atoms with Gasteiger partial charge in [0, 0.05) is 17.1 Å². The van der Waals surface area contributed by atoms with E-state index in [1.807, 2.05) is 50.2 Å². The quantitative estimate of drug-likeness (QED) is 0.907. The van der Waals surface area contributed by atoms with Gasteiger partial charge in [-0.25, -0.2) is 0 Å². The lowest BCUT2D eigenvalue weighted by molar-refractivity contribution is -0.125. The molecule has 0 spiro atoms. The van der Waals surface area contributed by atoms with Crippen LogP contribution in [0.2, 0.25) is 5.02 Å². The van der Waals surface area contributed by atoms with E-state index < -0.39 is 5.41 Å². The molecule has 0 aliphatic rings. The van der Waals surface area contributed by atoms with E-state index in [4.69, 9.17) is 16.3 Å². The van der Waals surface area contributed by atoms with Crippen molar-refractivity contribution in [2.45, 2.75) is 25.8 Å². The summed E-state index contributed by atoms with van der Waals surface area (Å²) < 4.78 is 5.30. The largest absolute Gasteiger partial charge is 0.496 e. The third-order valence-corrected chi connectivity index (χ3v) is 4.02. The van der Waals surface area contributed by atoms with Gasteiger partial charge in [0.2, 0.25) is 5.91 Å². The third kappa shape index (κ3) is 3.60. The van der Waals surface area contributed by atoms with Crippen LogP contribution in [0.15, 0.2) is 48.5 Å². The van der Waals surface area contributed by atoms with Gasteiger partial charge in [-0.15, -0.1) is 0 Å². The van der Waals surface area contributed by atoms with Crippen molar-refractivity contribution in [1.29, 1.82) is 0 Å². The molecule has 0 radical (unpaired) electrons. The van der Waals surface area contributed by atoms with Crippen molar-refractivity contribution in [3.63, 3.8) is 0 Å². The minimum atomic E-state index is -0.632. The average Bonchev–Trinajstić information content (AvgIpc) is 2.53. The number of halogens is 1. The smallest absolute Gasteiger partial charge is 0.230 e. The molecular weight excluding hydrogens is 298 g/mol. The van der Waals surface area contributed by atoms with Crippen LogP contribution in [0.25, 0.3) is 0 Å². The molecule has 0 aromatic heterocycles. The van der Waals surface area contributed by atoms with E-state index in [2.05, 4.69) is 5.32 Å². The molecule has 0 bridgehead atoms. The summed E-state index contributed by atoms with van der Waals surface area (Å²) in [6, 6.07) is 15.0. The molecule has 0 fully saturated rings. The summed E-state index contributed by atoms with van der Waals surface area (Å²) in [6.45, 7) is 4.22. The number of carbonyl (C=O) groups excluding carboxylic acids is 1. The normalized spacial score (nSPS) is 11.1. The Kier molecular flexibility index (Phi) is 5.09. The summed E-state index contributed by atoms with van der Waals surface area (Å²) in [5.41, 5.74) is 1.24. The van der Waals surface area contributed by atoms with Crippen molar-refractivity contribution in [3.8, 4) is 5.75 Å². The lowest BCUT2D eigenvalue weighted by atomic mass is 9.83. The topological polar surface area (TPSA) is 38.3 Å². The highest BCUT2D eigenvalue weighted by molar-refractivity contribution is 6.30. The van der Waals surface area contributed by atoms with Crippen LogP contribution in [-0.2, 0) is 16.8 Å². The highest BCUT2D eigenvalue weighted by Gasteiger charge is 2.29. The maximum Gasteiger partial charge on any atom is 0.230 e. The number of para-hydroxylation sites is 1. The molecule has 2 aromatic rings. The predicted octanol–water partition coefficient (Wildman–Crippen LogP) is 3.94. The summed E-state index contributed by atoms with van der Waals surface area (Å²) >= 11 is 5.90. The van der Waals surface area contributed by atoms with Crippen molar-refractivity contribution >= 4 is 17.5 Å². The molecule has 4 heteroatoms. The van der Waals surface area contributed by atoms with Gasteiger partial charge < -0.3 is 10.1 Å². The first-order chi connectivity index (χ1) is 10.4. The standard InChI is InChI=1S/C18H20ClNO2/c1-18(2,14-8-10-15(19)11-9-14)17(21)20-12-13-6-4-5-7-16(13)22-3/h4-11H,12H2,1-3H3,(H,20,21). The Morgan fingerprint density at radius 3 is 2.41 bits per heavy atom. The molecule has 2 aromatic carbocycles. The molecule has 0 unspecified atom stereocenters. The van der Waals surface area contributed by atoms with Crippen molar-refractivity contribution in [2.75, 3.05) is 7.11 Å². The highest BCUT2D eigenvalue weighted by atomic mass is 35.5. The van der Waals surface area contributed by atoms with E-state index in [1.54, 1.807) is 19.2 Å². The third-order valence-electron chi connectivity index (χ3n) is 3.77.